The van der Waals surface area contributed by atoms with Crippen LogP contribution in [0, 0.1) is 11.5 Å². The fourth-order valence-corrected chi connectivity index (χ4v) is 1.99. The molecule has 0 spiro atoms. The van der Waals surface area contributed by atoms with Crippen molar-refractivity contribution in [2.24, 2.45) is 0 Å². The van der Waals surface area contributed by atoms with Crippen LogP contribution < -0.4 is 0 Å². The minimum absolute atomic E-state index is 0.233. The minimum atomic E-state index is -2.28. The standard InChI is InChI=1S/C14H15NO2Si/c1-18(2,3)10-6-9-15-13(16)11-7-4-5-8-12(11)14(15)17/h4-5,7-8H,9H2,1-3H3/i9D2. The Kier molecular flexibility index (Phi) is 2.48. The van der Waals surface area contributed by atoms with E-state index in [9.17, 15) is 9.59 Å². The van der Waals surface area contributed by atoms with Gasteiger partial charge >= 0.3 is 0 Å². The molecule has 1 aliphatic rings. The number of amides is 2. The van der Waals surface area contributed by atoms with Crippen LogP contribution in [0.2, 0.25) is 19.6 Å². The van der Waals surface area contributed by atoms with E-state index in [2.05, 4.69) is 11.5 Å². The van der Waals surface area contributed by atoms with Crippen LogP contribution in [0.15, 0.2) is 24.3 Å². The normalized spacial score (nSPS) is 16.7. The number of nitrogens with zero attached hydrogens (tertiary/aromatic N) is 1. The van der Waals surface area contributed by atoms with Crippen LogP contribution in [0.4, 0.5) is 0 Å². The smallest absolute Gasteiger partial charge is 0.262 e. The van der Waals surface area contributed by atoms with Gasteiger partial charge in [-0.15, -0.1) is 5.54 Å². The third-order valence-corrected chi connectivity index (χ3v) is 3.27. The van der Waals surface area contributed by atoms with Gasteiger partial charge in [-0.25, -0.2) is 0 Å². The lowest BCUT2D eigenvalue weighted by molar-refractivity contribution is 0.0675. The molecule has 0 bridgehead atoms. The van der Waals surface area contributed by atoms with Crippen molar-refractivity contribution >= 4 is 19.9 Å². The molecule has 18 heavy (non-hydrogen) atoms. The van der Waals surface area contributed by atoms with Crippen molar-refractivity contribution in [1.82, 2.24) is 4.90 Å². The van der Waals surface area contributed by atoms with E-state index in [4.69, 9.17) is 2.74 Å². The summed E-state index contributed by atoms with van der Waals surface area (Å²) in [5.74, 6) is 1.22. The maximum absolute atomic E-state index is 12.2. The Balaban J connectivity index is 2.43. The Morgan fingerprint density at radius 3 is 2.11 bits per heavy atom. The van der Waals surface area contributed by atoms with Crippen LogP contribution in [0.1, 0.15) is 23.5 Å². The fraction of sp³-hybridized carbons (Fsp3) is 0.286. The van der Waals surface area contributed by atoms with Crippen molar-refractivity contribution in [1.29, 1.82) is 0 Å². The van der Waals surface area contributed by atoms with Crippen molar-refractivity contribution in [3.05, 3.63) is 35.4 Å². The lowest BCUT2D eigenvalue weighted by Gasteiger charge is -2.10. The summed E-state index contributed by atoms with van der Waals surface area (Å²) in [6.45, 7) is 3.63. The van der Waals surface area contributed by atoms with Crippen LogP contribution in [0.5, 0.6) is 0 Å². The van der Waals surface area contributed by atoms with Crippen molar-refractivity contribution < 1.29 is 12.3 Å². The lowest BCUT2D eigenvalue weighted by Crippen LogP contribution is -2.30. The third kappa shape index (κ3) is 2.36. The molecule has 1 aromatic carbocycles. The predicted octanol–water partition coefficient (Wildman–Crippen LogP) is 2.16. The van der Waals surface area contributed by atoms with Crippen LogP contribution in [-0.2, 0) is 0 Å². The van der Waals surface area contributed by atoms with E-state index < -0.39 is 26.4 Å². The van der Waals surface area contributed by atoms with E-state index in [1.807, 2.05) is 19.6 Å². The molecule has 0 N–H and O–H groups in total. The van der Waals surface area contributed by atoms with Gasteiger partial charge in [0.05, 0.1) is 20.4 Å². The maximum atomic E-state index is 12.2. The van der Waals surface area contributed by atoms with E-state index in [-0.39, 0.29) is 11.1 Å². The van der Waals surface area contributed by atoms with Crippen LogP contribution >= 0.6 is 0 Å². The predicted molar refractivity (Wildman–Crippen MR) is 72.9 cm³/mol. The second-order valence-electron chi connectivity index (χ2n) is 5.10. The molecule has 0 aliphatic carbocycles. The third-order valence-electron chi connectivity index (χ3n) is 2.40. The number of benzene rings is 1. The molecule has 2 rings (SSSR count). The van der Waals surface area contributed by atoms with Gasteiger partial charge in [0.1, 0.15) is 8.07 Å². The molecule has 1 aliphatic heterocycles. The number of hydrogen-bond acceptors (Lipinski definition) is 2. The largest absolute Gasteiger partial charge is 0.269 e. The summed E-state index contributed by atoms with van der Waals surface area (Å²) in [6, 6.07) is 6.35. The molecule has 0 unspecified atom stereocenters. The zero-order valence-electron chi connectivity index (χ0n) is 12.6. The second-order valence-corrected chi connectivity index (χ2v) is 9.85. The molecular formula is C14H15NO2Si. The zero-order chi connectivity index (χ0) is 15.1. The molecule has 2 amide bonds. The molecule has 4 heteroatoms. The number of fused-ring (bicyclic) bond motifs is 1. The first kappa shape index (κ1) is 10.1. The molecule has 0 aromatic heterocycles. The first-order valence-electron chi connectivity index (χ1n) is 6.66. The van der Waals surface area contributed by atoms with Gasteiger partial charge in [-0.1, -0.05) is 37.7 Å². The van der Waals surface area contributed by atoms with Gasteiger partial charge in [0.2, 0.25) is 0 Å². The zero-order valence-corrected chi connectivity index (χ0v) is 11.6. The van der Waals surface area contributed by atoms with Crippen LogP contribution in [-0.4, -0.2) is 31.3 Å². The highest BCUT2D eigenvalue weighted by Crippen LogP contribution is 2.21. The molecule has 3 nitrogen and oxygen atoms in total. The summed E-state index contributed by atoms with van der Waals surface area (Å²) in [7, 11) is -1.79. The number of imide groups is 1. The number of rotatable bonds is 1. The Morgan fingerprint density at radius 2 is 1.67 bits per heavy atom. The minimum Gasteiger partial charge on any atom is -0.269 e. The molecule has 0 radical (unpaired) electrons. The molecule has 92 valence electrons. The molecule has 0 saturated carbocycles. The fourth-order valence-electron chi connectivity index (χ4n) is 1.56. The summed E-state index contributed by atoms with van der Waals surface area (Å²) < 4.78 is 15.9. The van der Waals surface area contributed by atoms with Crippen molar-refractivity contribution in [2.45, 2.75) is 19.6 Å². The highest BCUT2D eigenvalue weighted by atomic mass is 28.3. The molecular weight excluding hydrogens is 242 g/mol. The first-order valence-corrected chi connectivity index (χ1v) is 9.16. The molecule has 1 aromatic rings. The Hall–Kier alpha value is -1.86. The van der Waals surface area contributed by atoms with E-state index >= 15 is 0 Å². The maximum Gasteiger partial charge on any atom is 0.262 e. The van der Waals surface area contributed by atoms with Crippen LogP contribution in [0.3, 0.4) is 0 Å². The van der Waals surface area contributed by atoms with Crippen molar-refractivity contribution in [3.63, 3.8) is 0 Å². The van der Waals surface area contributed by atoms with Gasteiger partial charge in [-0.05, 0) is 12.1 Å². The molecule has 0 fully saturated rings. The first-order chi connectivity index (χ1) is 9.13. The quantitative estimate of drug-likeness (QED) is 0.440. The number of carbonyl (C=O) groups excluding carboxylic acids is 2. The Morgan fingerprint density at radius 1 is 1.17 bits per heavy atom. The Bertz CT molecular complexity index is 618. The topological polar surface area (TPSA) is 37.4 Å². The van der Waals surface area contributed by atoms with E-state index in [1.54, 1.807) is 12.1 Å². The SMILES string of the molecule is [2H]C([2H])(C#C[Si](C)(C)C)N1C(=O)c2ccccc2C1=O. The summed E-state index contributed by atoms with van der Waals surface area (Å²) in [5, 5.41) is 0. The summed E-state index contributed by atoms with van der Waals surface area (Å²) in [4.78, 5) is 25.0. The molecule has 0 saturated heterocycles. The highest BCUT2D eigenvalue weighted by molar-refractivity contribution is 6.83. The summed E-state index contributed by atoms with van der Waals surface area (Å²) >= 11 is 0. The van der Waals surface area contributed by atoms with Gasteiger partial charge in [0.25, 0.3) is 11.8 Å². The Labute approximate surface area is 111 Å². The van der Waals surface area contributed by atoms with Gasteiger partial charge in [0, 0.05) is 0 Å². The summed E-state index contributed by atoms with van der Waals surface area (Å²) in [5.41, 5.74) is 3.34. The number of hydrogen-bond donors (Lipinski definition) is 0. The van der Waals surface area contributed by atoms with Gasteiger partial charge in [-0.3, -0.25) is 14.5 Å². The average Bonchev–Trinajstić information content (AvgIpc) is 2.60. The van der Waals surface area contributed by atoms with Gasteiger partial charge in [0.15, 0.2) is 0 Å². The average molecular weight is 259 g/mol. The van der Waals surface area contributed by atoms with Crippen LogP contribution in [0.25, 0.3) is 0 Å². The van der Waals surface area contributed by atoms with Gasteiger partial charge < -0.3 is 0 Å². The second kappa shape index (κ2) is 4.43. The highest BCUT2D eigenvalue weighted by Gasteiger charge is 2.34. The lowest BCUT2D eigenvalue weighted by atomic mass is 10.1. The summed E-state index contributed by atoms with van der Waals surface area (Å²) in [6.07, 6.45) is 0. The van der Waals surface area contributed by atoms with E-state index in [1.165, 1.54) is 12.1 Å². The monoisotopic (exact) mass is 259 g/mol. The van der Waals surface area contributed by atoms with E-state index in [0.717, 1.165) is 0 Å². The molecule has 0 atom stereocenters. The van der Waals surface area contributed by atoms with Crippen molar-refractivity contribution in [3.8, 4) is 11.5 Å². The number of carbonyl (C=O) groups is 2. The van der Waals surface area contributed by atoms with Gasteiger partial charge in [-0.2, -0.15) is 0 Å². The van der Waals surface area contributed by atoms with Crippen molar-refractivity contribution in [2.75, 3.05) is 6.50 Å². The van der Waals surface area contributed by atoms with E-state index in [0.29, 0.717) is 4.90 Å². The molecule has 1 heterocycles.